The zero-order chi connectivity index (χ0) is 14.2. The van der Waals surface area contributed by atoms with Crippen LogP contribution in [0, 0.1) is 16.0 Å². The van der Waals surface area contributed by atoms with Crippen molar-refractivity contribution in [2.75, 3.05) is 6.79 Å². The molecular weight excluding hydrogens is 288 g/mol. The molecule has 7 nitrogen and oxygen atoms in total. The molecule has 2 atom stereocenters. The van der Waals surface area contributed by atoms with Gasteiger partial charge in [-0.15, -0.1) is 12.4 Å². The van der Waals surface area contributed by atoms with E-state index < -0.39 is 17.1 Å². The van der Waals surface area contributed by atoms with E-state index in [1.165, 1.54) is 12.1 Å². The number of nitrogens with two attached hydrogens (primary N) is 1. The van der Waals surface area contributed by atoms with Crippen molar-refractivity contribution in [1.82, 2.24) is 0 Å². The van der Waals surface area contributed by atoms with Crippen molar-refractivity contribution >= 4 is 18.1 Å². The van der Waals surface area contributed by atoms with Crippen molar-refractivity contribution in [3.05, 3.63) is 27.8 Å². The summed E-state index contributed by atoms with van der Waals surface area (Å²) in [5.74, 6) is 0.619. The molecule has 0 aliphatic carbocycles. The molecule has 0 unspecified atom stereocenters. The number of ether oxygens (including phenoxy) is 2. The molecule has 1 aliphatic rings. The molecule has 0 saturated heterocycles. The summed E-state index contributed by atoms with van der Waals surface area (Å²) in [6.45, 7) is 3.62. The third-order valence-electron chi connectivity index (χ3n) is 3.13. The lowest BCUT2D eigenvalue weighted by molar-refractivity contribution is -0.385. The van der Waals surface area contributed by atoms with E-state index in [4.69, 9.17) is 15.2 Å². The van der Waals surface area contributed by atoms with Crippen molar-refractivity contribution in [1.29, 1.82) is 0 Å². The third-order valence-corrected chi connectivity index (χ3v) is 3.13. The average Bonchev–Trinajstić information content (AvgIpc) is 2.82. The first-order valence-corrected chi connectivity index (χ1v) is 5.93. The number of nitrogens with zero attached hydrogens (tertiary/aromatic N) is 1. The summed E-state index contributed by atoms with van der Waals surface area (Å²) >= 11 is 0. The Kier molecular flexibility index (Phi) is 5.15. The van der Waals surface area contributed by atoms with Crippen LogP contribution in [0.5, 0.6) is 11.5 Å². The summed E-state index contributed by atoms with van der Waals surface area (Å²) in [6.07, 6.45) is -0.876. The van der Waals surface area contributed by atoms with Gasteiger partial charge in [-0.3, -0.25) is 10.1 Å². The van der Waals surface area contributed by atoms with Gasteiger partial charge >= 0.3 is 0 Å². The maximum atomic E-state index is 11.1. The highest BCUT2D eigenvalue weighted by Crippen LogP contribution is 2.40. The Balaban J connectivity index is 0.00000200. The number of halogens is 1. The van der Waals surface area contributed by atoms with Crippen LogP contribution in [0.1, 0.15) is 25.5 Å². The minimum Gasteiger partial charge on any atom is -0.454 e. The van der Waals surface area contributed by atoms with Gasteiger partial charge in [0, 0.05) is 0 Å². The summed E-state index contributed by atoms with van der Waals surface area (Å²) in [5, 5.41) is 21.1. The zero-order valence-corrected chi connectivity index (χ0v) is 11.9. The Labute approximate surface area is 122 Å². The summed E-state index contributed by atoms with van der Waals surface area (Å²) in [7, 11) is 0. The molecule has 2 rings (SSSR count). The lowest BCUT2D eigenvalue weighted by atomic mass is 9.93. The Bertz CT molecular complexity index is 509. The molecule has 0 aromatic heterocycles. The molecule has 1 aromatic rings. The SMILES string of the molecule is CC(C)[C@@H](O)[C@@H](N)c1cc2c(cc1[N+](=O)[O-])OCO2.Cl. The van der Waals surface area contributed by atoms with Gasteiger partial charge in [-0.25, -0.2) is 0 Å². The van der Waals surface area contributed by atoms with Crippen LogP contribution in [0.15, 0.2) is 12.1 Å². The summed E-state index contributed by atoms with van der Waals surface area (Å²) in [6, 6.07) is 1.90. The minimum atomic E-state index is -0.876. The second-order valence-corrected chi connectivity index (χ2v) is 4.78. The standard InChI is InChI=1S/C12H16N2O5.ClH/c1-6(2)12(15)11(13)7-3-9-10(19-5-18-9)4-8(7)14(16)17;/h3-4,6,11-12,15H,5,13H2,1-2H3;1H/t11-,12+;/m0./s1. The van der Waals surface area contributed by atoms with Crippen LogP contribution in [0.2, 0.25) is 0 Å². The van der Waals surface area contributed by atoms with E-state index in [0.29, 0.717) is 11.5 Å². The zero-order valence-electron chi connectivity index (χ0n) is 11.1. The first-order valence-electron chi connectivity index (χ1n) is 5.93. The van der Waals surface area contributed by atoms with Gasteiger partial charge in [0.25, 0.3) is 5.69 Å². The number of rotatable bonds is 4. The molecule has 8 heteroatoms. The topological polar surface area (TPSA) is 108 Å². The number of benzene rings is 1. The Morgan fingerprint density at radius 3 is 2.40 bits per heavy atom. The molecule has 0 bridgehead atoms. The molecule has 20 heavy (non-hydrogen) atoms. The number of hydrogen-bond donors (Lipinski definition) is 2. The van der Waals surface area contributed by atoms with Gasteiger partial charge in [-0.1, -0.05) is 13.8 Å². The van der Waals surface area contributed by atoms with Crippen LogP contribution >= 0.6 is 12.4 Å². The Morgan fingerprint density at radius 1 is 1.35 bits per heavy atom. The fourth-order valence-electron chi connectivity index (χ4n) is 1.97. The van der Waals surface area contributed by atoms with Gasteiger partial charge in [0.15, 0.2) is 11.5 Å². The molecule has 3 N–H and O–H groups in total. The fraction of sp³-hybridized carbons (Fsp3) is 0.500. The molecule has 0 saturated carbocycles. The van der Waals surface area contributed by atoms with Gasteiger partial charge in [-0.2, -0.15) is 0 Å². The second kappa shape index (κ2) is 6.25. The Hall–Kier alpha value is -1.57. The number of hydrogen-bond acceptors (Lipinski definition) is 6. The van der Waals surface area contributed by atoms with Gasteiger partial charge in [-0.05, 0) is 12.0 Å². The van der Waals surface area contributed by atoms with E-state index in [-0.39, 0.29) is 36.4 Å². The van der Waals surface area contributed by atoms with Gasteiger partial charge < -0.3 is 20.3 Å². The maximum Gasteiger partial charge on any atom is 0.278 e. The number of nitro groups is 1. The van der Waals surface area contributed by atoms with E-state index in [0.717, 1.165) is 0 Å². The van der Waals surface area contributed by atoms with Crippen LogP contribution < -0.4 is 15.2 Å². The minimum absolute atomic E-state index is 0. The van der Waals surface area contributed by atoms with Gasteiger partial charge in [0.05, 0.1) is 28.7 Å². The van der Waals surface area contributed by atoms with E-state index in [9.17, 15) is 15.2 Å². The lowest BCUT2D eigenvalue weighted by Gasteiger charge is -2.22. The van der Waals surface area contributed by atoms with E-state index in [1.54, 1.807) is 13.8 Å². The molecule has 0 radical (unpaired) electrons. The van der Waals surface area contributed by atoms with Crippen LogP contribution in [0.25, 0.3) is 0 Å². The molecule has 0 spiro atoms. The lowest BCUT2D eigenvalue weighted by Crippen LogP contribution is -2.31. The summed E-state index contributed by atoms with van der Waals surface area (Å²) in [5.41, 5.74) is 6.00. The summed E-state index contributed by atoms with van der Waals surface area (Å²) < 4.78 is 10.3. The molecule has 0 amide bonds. The largest absolute Gasteiger partial charge is 0.454 e. The summed E-state index contributed by atoms with van der Waals surface area (Å²) in [4.78, 5) is 10.6. The first kappa shape index (κ1) is 16.5. The second-order valence-electron chi connectivity index (χ2n) is 4.78. The highest BCUT2D eigenvalue weighted by atomic mass is 35.5. The first-order chi connectivity index (χ1) is 8.91. The van der Waals surface area contributed by atoms with Crippen molar-refractivity contribution < 1.29 is 19.5 Å². The van der Waals surface area contributed by atoms with E-state index in [2.05, 4.69) is 0 Å². The van der Waals surface area contributed by atoms with Crippen molar-refractivity contribution in [2.24, 2.45) is 11.7 Å². The van der Waals surface area contributed by atoms with Crippen LogP contribution in [-0.4, -0.2) is 22.9 Å². The third kappa shape index (κ3) is 2.95. The maximum absolute atomic E-state index is 11.1. The predicted octanol–water partition coefficient (Wildman–Crippen LogP) is 1.76. The van der Waals surface area contributed by atoms with E-state index >= 15 is 0 Å². The quantitative estimate of drug-likeness (QED) is 0.648. The molecular formula is C12H17ClN2O5. The predicted molar refractivity (Wildman–Crippen MR) is 74.2 cm³/mol. The molecule has 1 aromatic carbocycles. The highest BCUT2D eigenvalue weighted by Gasteiger charge is 2.30. The average molecular weight is 305 g/mol. The van der Waals surface area contributed by atoms with Crippen molar-refractivity contribution in [3.63, 3.8) is 0 Å². The number of aliphatic hydroxyl groups excluding tert-OH is 1. The van der Waals surface area contributed by atoms with Crippen molar-refractivity contribution in [2.45, 2.75) is 26.0 Å². The smallest absolute Gasteiger partial charge is 0.278 e. The number of aliphatic hydroxyl groups is 1. The molecule has 1 heterocycles. The molecule has 1 aliphatic heterocycles. The van der Waals surface area contributed by atoms with Gasteiger partial charge in [0.2, 0.25) is 6.79 Å². The van der Waals surface area contributed by atoms with E-state index in [1.807, 2.05) is 0 Å². The van der Waals surface area contributed by atoms with Crippen LogP contribution in [0.3, 0.4) is 0 Å². The normalized spacial score (nSPS) is 15.7. The van der Waals surface area contributed by atoms with Crippen LogP contribution in [-0.2, 0) is 0 Å². The Morgan fingerprint density at radius 2 is 1.90 bits per heavy atom. The van der Waals surface area contributed by atoms with Crippen molar-refractivity contribution in [3.8, 4) is 11.5 Å². The number of fused-ring (bicyclic) bond motifs is 1. The molecule has 112 valence electrons. The monoisotopic (exact) mass is 304 g/mol. The molecule has 0 fully saturated rings. The number of nitro benzene ring substituents is 1. The van der Waals surface area contributed by atoms with Crippen LogP contribution in [0.4, 0.5) is 5.69 Å². The fourth-order valence-corrected chi connectivity index (χ4v) is 1.97. The highest BCUT2D eigenvalue weighted by molar-refractivity contribution is 5.85. The van der Waals surface area contributed by atoms with Gasteiger partial charge in [0.1, 0.15) is 0 Å².